The quantitative estimate of drug-likeness (QED) is 0.428. The molecule has 1 aromatic carbocycles. The third kappa shape index (κ3) is 5.68. The molecule has 17 heavy (non-hydrogen) atoms. The molecule has 0 fully saturated rings. The van der Waals surface area contributed by atoms with Crippen LogP contribution in [-0.2, 0) is 14.3 Å². The number of hydrogen-bond donors (Lipinski definition) is 0. The third-order valence-electron chi connectivity index (χ3n) is 1.82. The summed E-state index contributed by atoms with van der Waals surface area (Å²) in [5.41, 5.74) is 0.890. The van der Waals surface area contributed by atoms with Gasteiger partial charge in [-0.25, -0.2) is 0 Å². The zero-order valence-electron chi connectivity index (χ0n) is 9.93. The van der Waals surface area contributed by atoms with Gasteiger partial charge in [0.2, 0.25) is 0 Å². The van der Waals surface area contributed by atoms with Crippen molar-refractivity contribution in [2.45, 2.75) is 20.3 Å². The Kier molecular flexibility index (Phi) is 6.62. The summed E-state index contributed by atoms with van der Waals surface area (Å²) < 4.78 is 10.3. The second kappa shape index (κ2) is 8.06. The molecule has 0 aromatic heterocycles. The van der Waals surface area contributed by atoms with Gasteiger partial charge >= 0.3 is 6.48 Å². The Hall–Kier alpha value is -1.10. The third-order valence-corrected chi connectivity index (χ3v) is 2.08. The topological polar surface area (TPSA) is 40.0 Å². The minimum atomic E-state index is -0.756. The molecule has 0 heterocycles. The maximum Gasteiger partial charge on any atom is 0.339 e. The number of hydrogen-bond acceptors (Lipinski definition) is 4. The van der Waals surface area contributed by atoms with Crippen LogP contribution < -0.4 is 0 Å². The van der Waals surface area contributed by atoms with Crippen molar-refractivity contribution in [3.63, 3.8) is 0 Å². The Labute approximate surface area is 106 Å². The molecule has 0 unspecified atom stereocenters. The minimum Gasteiger partial charge on any atom is -0.335 e. The zero-order valence-corrected chi connectivity index (χ0v) is 10.7. The van der Waals surface area contributed by atoms with Crippen molar-refractivity contribution in [2.75, 3.05) is 13.2 Å². The van der Waals surface area contributed by atoms with E-state index in [0.717, 1.165) is 5.56 Å². The van der Waals surface area contributed by atoms with Gasteiger partial charge in [0.25, 0.3) is 0 Å². The van der Waals surface area contributed by atoms with Crippen molar-refractivity contribution < 1.29 is 14.3 Å². The molecule has 0 bridgehead atoms. The van der Waals surface area contributed by atoms with Gasteiger partial charge in [-0.3, -0.25) is 0 Å². The summed E-state index contributed by atoms with van der Waals surface area (Å²) >= 11 is 5.76. The zero-order chi connectivity index (χ0) is 12.5. The van der Waals surface area contributed by atoms with Gasteiger partial charge in [0.1, 0.15) is 0 Å². The molecule has 0 aliphatic carbocycles. The van der Waals surface area contributed by atoms with Crippen molar-refractivity contribution >= 4 is 17.8 Å². The van der Waals surface area contributed by atoms with E-state index < -0.39 is 6.48 Å². The van der Waals surface area contributed by atoms with E-state index in [9.17, 15) is 0 Å². The molecule has 4 nitrogen and oxygen atoms in total. The average Bonchev–Trinajstić information content (AvgIpc) is 2.32. The summed E-state index contributed by atoms with van der Waals surface area (Å²) in [5.74, 6) is 0. The van der Waals surface area contributed by atoms with Crippen molar-refractivity contribution in [1.29, 1.82) is 0 Å². The largest absolute Gasteiger partial charge is 0.339 e. The maximum absolute atomic E-state index is 5.76. The number of ether oxygens (including phenoxy) is 2. The van der Waals surface area contributed by atoms with Crippen LogP contribution in [0, 0.1) is 0 Å². The Morgan fingerprint density at radius 3 is 2.29 bits per heavy atom. The van der Waals surface area contributed by atoms with E-state index in [1.165, 1.54) is 0 Å². The second-order valence-corrected chi connectivity index (χ2v) is 3.53. The van der Waals surface area contributed by atoms with E-state index in [-0.39, 0.29) is 0 Å². The molecule has 1 aromatic rings. The number of benzene rings is 1. The van der Waals surface area contributed by atoms with Crippen LogP contribution in [0.3, 0.4) is 0 Å². The van der Waals surface area contributed by atoms with Crippen molar-refractivity contribution in [3.8, 4) is 0 Å². The van der Waals surface area contributed by atoms with Crippen molar-refractivity contribution in [1.82, 2.24) is 0 Å². The van der Waals surface area contributed by atoms with Crippen molar-refractivity contribution in [3.05, 3.63) is 34.9 Å². The van der Waals surface area contributed by atoms with E-state index in [4.69, 9.17) is 25.9 Å². The lowest BCUT2D eigenvalue weighted by atomic mass is 10.2. The molecular formula is C12H16ClNO3. The molecule has 0 saturated heterocycles. The lowest BCUT2D eigenvalue weighted by Crippen LogP contribution is -2.18. The van der Waals surface area contributed by atoms with Crippen LogP contribution in [0.25, 0.3) is 0 Å². The van der Waals surface area contributed by atoms with E-state index in [0.29, 0.717) is 18.2 Å². The Morgan fingerprint density at radius 1 is 1.18 bits per heavy atom. The number of oxime groups is 1. The molecule has 0 aliphatic rings. The molecular weight excluding hydrogens is 242 g/mol. The predicted octanol–water partition coefficient (Wildman–Crippen LogP) is 3.05. The molecule has 0 spiro atoms. The van der Waals surface area contributed by atoms with E-state index in [1.807, 2.05) is 26.0 Å². The summed E-state index contributed by atoms with van der Waals surface area (Å²) in [4.78, 5) is 5.05. The summed E-state index contributed by atoms with van der Waals surface area (Å²) in [7, 11) is 0. The molecule has 0 atom stereocenters. The smallest absolute Gasteiger partial charge is 0.335 e. The van der Waals surface area contributed by atoms with Crippen LogP contribution in [0.15, 0.2) is 29.4 Å². The van der Waals surface area contributed by atoms with E-state index in [2.05, 4.69) is 5.16 Å². The maximum atomic E-state index is 5.76. The van der Waals surface area contributed by atoms with Crippen LogP contribution >= 0.6 is 11.6 Å². The highest BCUT2D eigenvalue weighted by atomic mass is 35.5. The fraction of sp³-hybridized carbons (Fsp3) is 0.417. The second-order valence-electron chi connectivity index (χ2n) is 3.09. The predicted molar refractivity (Wildman–Crippen MR) is 67.2 cm³/mol. The highest BCUT2D eigenvalue weighted by molar-refractivity contribution is 6.30. The van der Waals surface area contributed by atoms with Gasteiger partial charge in [0, 0.05) is 5.02 Å². The van der Waals surface area contributed by atoms with Crippen LogP contribution in [0.5, 0.6) is 0 Å². The Bertz CT molecular complexity index is 334. The lowest BCUT2D eigenvalue weighted by molar-refractivity contribution is -0.285. The monoisotopic (exact) mass is 257 g/mol. The van der Waals surface area contributed by atoms with Crippen LogP contribution in [0.2, 0.25) is 5.02 Å². The molecule has 0 N–H and O–H groups in total. The fourth-order valence-corrected chi connectivity index (χ4v) is 1.20. The van der Waals surface area contributed by atoms with Gasteiger partial charge in [-0.05, 0) is 31.5 Å². The van der Waals surface area contributed by atoms with Gasteiger partial charge in [-0.2, -0.15) is 0 Å². The molecule has 5 heteroatoms. The first-order valence-corrected chi connectivity index (χ1v) is 5.82. The number of rotatable bonds is 7. The number of halogens is 1. The van der Waals surface area contributed by atoms with E-state index in [1.54, 1.807) is 18.3 Å². The first-order valence-electron chi connectivity index (χ1n) is 5.44. The molecule has 0 radical (unpaired) electrons. The molecule has 94 valence electrons. The SMILES string of the molecule is CCOC(OCC)O/N=C/c1ccc(Cl)cc1. The van der Waals surface area contributed by atoms with Gasteiger partial charge in [-0.1, -0.05) is 28.9 Å². The first kappa shape index (κ1) is 14.0. The van der Waals surface area contributed by atoms with Crippen LogP contribution in [0.1, 0.15) is 19.4 Å². The van der Waals surface area contributed by atoms with Gasteiger partial charge < -0.3 is 14.3 Å². The molecule has 1 rings (SSSR count). The fourth-order valence-electron chi connectivity index (χ4n) is 1.07. The highest BCUT2D eigenvalue weighted by Gasteiger charge is 2.06. The molecule has 0 aliphatic heterocycles. The first-order chi connectivity index (χ1) is 8.26. The standard InChI is InChI=1S/C12H16ClNO3/c1-3-15-12(16-4-2)17-14-9-10-5-7-11(13)8-6-10/h5-9,12H,3-4H2,1-2H3/b14-9+. The van der Waals surface area contributed by atoms with Crippen molar-refractivity contribution in [2.24, 2.45) is 5.16 Å². The summed E-state index contributed by atoms with van der Waals surface area (Å²) in [6, 6.07) is 7.24. The Morgan fingerprint density at radius 2 is 1.76 bits per heavy atom. The Balaban J connectivity index is 2.44. The number of nitrogens with zero attached hydrogens (tertiary/aromatic N) is 1. The van der Waals surface area contributed by atoms with Crippen LogP contribution in [-0.4, -0.2) is 25.9 Å². The average molecular weight is 258 g/mol. The molecule has 0 saturated carbocycles. The molecule has 0 amide bonds. The van der Waals surface area contributed by atoms with Gasteiger partial charge in [-0.15, -0.1) is 0 Å². The van der Waals surface area contributed by atoms with Crippen LogP contribution in [0.4, 0.5) is 0 Å². The normalized spacial score (nSPS) is 11.3. The minimum absolute atomic E-state index is 0.501. The highest BCUT2D eigenvalue weighted by Crippen LogP contribution is 2.08. The summed E-state index contributed by atoms with van der Waals surface area (Å²) in [5, 5.41) is 4.48. The summed E-state index contributed by atoms with van der Waals surface area (Å²) in [6.07, 6.45) is 1.57. The van der Waals surface area contributed by atoms with E-state index >= 15 is 0 Å². The summed E-state index contributed by atoms with van der Waals surface area (Å²) in [6.45, 7) is 3.97. The van der Waals surface area contributed by atoms with Gasteiger partial charge in [0.05, 0.1) is 19.4 Å². The van der Waals surface area contributed by atoms with Gasteiger partial charge in [0.15, 0.2) is 0 Å². The lowest BCUT2D eigenvalue weighted by Gasteiger charge is -2.13.